The average molecular weight is 366 g/mol. The van der Waals surface area contributed by atoms with Gasteiger partial charge in [-0.2, -0.15) is 0 Å². The van der Waals surface area contributed by atoms with Crippen molar-refractivity contribution in [2.24, 2.45) is 0 Å². The normalized spacial score (nSPS) is 16.7. The van der Waals surface area contributed by atoms with Crippen LogP contribution < -0.4 is 0 Å². The second-order valence-electron chi connectivity index (χ2n) is 5.59. The third-order valence-electron chi connectivity index (χ3n) is 4.10. The highest BCUT2D eigenvalue weighted by molar-refractivity contribution is 9.10. The zero-order chi connectivity index (χ0) is 14.7. The van der Waals surface area contributed by atoms with E-state index in [9.17, 15) is 0 Å². The van der Waals surface area contributed by atoms with Crippen LogP contribution in [0.2, 0.25) is 5.15 Å². The Morgan fingerprint density at radius 1 is 0.952 bits per heavy atom. The van der Waals surface area contributed by atoms with Crippen molar-refractivity contribution in [3.8, 4) is 11.3 Å². The lowest BCUT2D eigenvalue weighted by molar-refractivity contribution is 0.560. The highest BCUT2D eigenvalue weighted by atomic mass is 79.9. The topological polar surface area (TPSA) is 25.8 Å². The Morgan fingerprint density at radius 2 is 1.62 bits per heavy atom. The van der Waals surface area contributed by atoms with Gasteiger partial charge in [0.25, 0.3) is 0 Å². The van der Waals surface area contributed by atoms with E-state index in [-0.39, 0.29) is 0 Å². The Balaban J connectivity index is 2.01. The molecule has 1 saturated carbocycles. The fourth-order valence-electron chi connectivity index (χ4n) is 2.94. The summed E-state index contributed by atoms with van der Waals surface area (Å²) in [5.74, 6) is 1.35. The Hall–Kier alpha value is -0.930. The van der Waals surface area contributed by atoms with Crippen LogP contribution in [0.3, 0.4) is 0 Å². The van der Waals surface area contributed by atoms with Gasteiger partial charge in [0, 0.05) is 11.5 Å². The first-order chi connectivity index (χ1) is 10.3. The van der Waals surface area contributed by atoms with Crippen LogP contribution in [0.5, 0.6) is 0 Å². The molecule has 4 heteroatoms. The molecule has 21 heavy (non-hydrogen) atoms. The Morgan fingerprint density at radius 3 is 2.29 bits per heavy atom. The van der Waals surface area contributed by atoms with Gasteiger partial charge in [-0.25, -0.2) is 9.97 Å². The molecule has 0 radical (unpaired) electrons. The van der Waals surface area contributed by atoms with Crippen molar-refractivity contribution in [2.45, 2.75) is 44.4 Å². The summed E-state index contributed by atoms with van der Waals surface area (Å²) in [5, 5.41) is 0.517. The van der Waals surface area contributed by atoms with Crippen molar-refractivity contribution in [1.82, 2.24) is 9.97 Å². The molecule has 1 aliphatic carbocycles. The van der Waals surface area contributed by atoms with E-state index in [2.05, 4.69) is 33.0 Å². The van der Waals surface area contributed by atoms with Gasteiger partial charge in [0.2, 0.25) is 0 Å². The van der Waals surface area contributed by atoms with E-state index in [1.807, 2.05) is 18.2 Å². The summed E-state index contributed by atoms with van der Waals surface area (Å²) in [6.07, 6.45) is 7.53. The van der Waals surface area contributed by atoms with Crippen molar-refractivity contribution >= 4 is 27.5 Å². The van der Waals surface area contributed by atoms with Gasteiger partial charge < -0.3 is 0 Å². The Kier molecular flexibility index (Phi) is 4.91. The minimum atomic E-state index is 0.445. The van der Waals surface area contributed by atoms with E-state index in [1.165, 1.54) is 38.5 Å². The molecular formula is C17H18BrClN2. The van der Waals surface area contributed by atoms with E-state index in [4.69, 9.17) is 16.6 Å². The first kappa shape index (κ1) is 15.0. The molecule has 0 saturated heterocycles. The maximum absolute atomic E-state index is 6.33. The summed E-state index contributed by atoms with van der Waals surface area (Å²) in [7, 11) is 0. The molecule has 1 fully saturated rings. The summed E-state index contributed by atoms with van der Waals surface area (Å²) in [4.78, 5) is 9.36. The second-order valence-corrected chi connectivity index (χ2v) is 6.74. The zero-order valence-electron chi connectivity index (χ0n) is 11.9. The number of halogens is 2. The first-order valence-corrected chi connectivity index (χ1v) is 8.71. The second kappa shape index (κ2) is 6.89. The van der Waals surface area contributed by atoms with Crippen LogP contribution in [0.15, 0.2) is 34.8 Å². The molecular weight excluding hydrogens is 348 g/mol. The lowest BCUT2D eigenvalue weighted by atomic mass is 9.99. The maximum Gasteiger partial charge on any atom is 0.147 e. The van der Waals surface area contributed by atoms with Gasteiger partial charge in [0.05, 0.1) is 10.2 Å². The van der Waals surface area contributed by atoms with Crippen LogP contribution in [0.25, 0.3) is 11.3 Å². The molecule has 1 aromatic heterocycles. The van der Waals surface area contributed by atoms with Crippen molar-refractivity contribution in [3.63, 3.8) is 0 Å². The minimum Gasteiger partial charge on any atom is -0.231 e. The molecule has 0 unspecified atom stereocenters. The first-order valence-electron chi connectivity index (χ1n) is 7.54. The SMILES string of the molecule is Clc1nc(C2CCCCCC2)nc(-c2ccccc2)c1Br. The van der Waals surface area contributed by atoms with E-state index in [1.54, 1.807) is 0 Å². The van der Waals surface area contributed by atoms with Crippen LogP contribution >= 0.6 is 27.5 Å². The average Bonchev–Trinajstić information content (AvgIpc) is 2.80. The quantitative estimate of drug-likeness (QED) is 0.482. The minimum absolute atomic E-state index is 0.445. The fourth-order valence-corrected chi connectivity index (χ4v) is 3.53. The van der Waals surface area contributed by atoms with Crippen LogP contribution in [-0.2, 0) is 0 Å². The highest BCUT2D eigenvalue weighted by Gasteiger charge is 2.20. The standard InChI is InChI=1S/C17H18BrClN2/c18-14-15(12-8-6-3-7-9-12)20-17(21-16(14)19)13-10-4-1-2-5-11-13/h3,6-9,13H,1-2,4-5,10-11H2. The van der Waals surface area contributed by atoms with Gasteiger partial charge in [0.1, 0.15) is 11.0 Å². The Bertz CT molecular complexity index is 608. The van der Waals surface area contributed by atoms with E-state index in [0.29, 0.717) is 11.1 Å². The highest BCUT2D eigenvalue weighted by Crippen LogP contribution is 2.35. The van der Waals surface area contributed by atoms with Gasteiger partial charge in [-0.05, 0) is 28.8 Å². The van der Waals surface area contributed by atoms with Gasteiger partial charge in [-0.3, -0.25) is 0 Å². The monoisotopic (exact) mass is 364 g/mol. The maximum atomic E-state index is 6.33. The molecule has 3 rings (SSSR count). The molecule has 1 aromatic carbocycles. The summed E-state index contributed by atoms with van der Waals surface area (Å²) in [6, 6.07) is 10.2. The number of hydrogen-bond donors (Lipinski definition) is 0. The molecule has 0 aliphatic heterocycles. The fraction of sp³-hybridized carbons (Fsp3) is 0.412. The molecule has 1 heterocycles. The predicted octanol–water partition coefficient (Wildman–Crippen LogP) is 6.00. The van der Waals surface area contributed by atoms with Crippen LogP contribution in [0, 0.1) is 0 Å². The molecule has 2 nitrogen and oxygen atoms in total. The van der Waals surface area contributed by atoms with Crippen LogP contribution in [0.4, 0.5) is 0 Å². The molecule has 1 aliphatic rings. The van der Waals surface area contributed by atoms with Crippen LogP contribution in [0.1, 0.15) is 50.3 Å². The molecule has 2 aromatic rings. The number of nitrogens with zero attached hydrogens (tertiary/aromatic N) is 2. The van der Waals surface area contributed by atoms with Crippen molar-refractivity contribution < 1.29 is 0 Å². The molecule has 0 spiro atoms. The van der Waals surface area contributed by atoms with Crippen molar-refractivity contribution in [2.75, 3.05) is 0 Å². The number of rotatable bonds is 2. The van der Waals surface area contributed by atoms with Gasteiger partial charge in [-0.15, -0.1) is 0 Å². The van der Waals surface area contributed by atoms with Crippen LogP contribution in [-0.4, -0.2) is 9.97 Å². The molecule has 0 bridgehead atoms. The number of benzene rings is 1. The molecule has 110 valence electrons. The largest absolute Gasteiger partial charge is 0.231 e. The van der Waals surface area contributed by atoms with Gasteiger partial charge >= 0.3 is 0 Å². The third-order valence-corrected chi connectivity index (χ3v) is 5.35. The molecule has 0 N–H and O–H groups in total. The van der Waals surface area contributed by atoms with E-state index >= 15 is 0 Å². The van der Waals surface area contributed by atoms with Crippen molar-refractivity contribution in [3.05, 3.63) is 45.8 Å². The van der Waals surface area contributed by atoms with Gasteiger partial charge in [-0.1, -0.05) is 67.6 Å². The summed E-state index contributed by atoms with van der Waals surface area (Å²) >= 11 is 9.86. The smallest absolute Gasteiger partial charge is 0.147 e. The predicted molar refractivity (Wildman–Crippen MR) is 90.6 cm³/mol. The molecule has 0 atom stereocenters. The summed E-state index contributed by atoms with van der Waals surface area (Å²) < 4.78 is 0.785. The zero-order valence-corrected chi connectivity index (χ0v) is 14.2. The summed E-state index contributed by atoms with van der Waals surface area (Å²) in [6.45, 7) is 0. The summed E-state index contributed by atoms with van der Waals surface area (Å²) in [5.41, 5.74) is 1.97. The van der Waals surface area contributed by atoms with Crippen molar-refractivity contribution in [1.29, 1.82) is 0 Å². The number of aromatic nitrogens is 2. The van der Waals surface area contributed by atoms with Gasteiger partial charge in [0.15, 0.2) is 0 Å². The van der Waals surface area contributed by atoms with E-state index < -0.39 is 0 Å². The Labute approximate surface area is 139 Å². The lowest BCUT2D eigenvalue weighted by Crippen LogP contribution is -2.06. The number of hydrogen-bond acceptors (Lipinski definition) is 2. The van der Waals surface area contributed by atoms with E-state index in [0.717, 1.165) is 21.6 Å². The lowest BCUT2D eigenvalue weighted by Gasteiger charge is -2.15. The molecule has 0 amide bonds. The third kappa shape index (κ3) is 3.46.